The summed E-state index contributed by atoms with van der Waals surface area (Å²) in [6.07, 6.45) is 0. The third-order valence-corrected chi connectivity index (χ3v) is 6.22. The fourth-order valence-corrected chi connectivity index (χ4v) is 5.48. The number of hydrogen-bond donors (Lipinski definition) is 1. The molecule has 1 aliphatic rings. The molecule has 0 saturated carbocycles. The Morgan fingerprint density at radius 1 is 0.619 bits per heavy atom. The van der Waals surface area contributed by atoms with Crippen molar-refractivity contribution < 1.29 is 8.78 Å². The quantitative estimate of drug-likeness (QED) is 0.445. The standard InChI is InChI=1S/C18H12F2S/c19-12-6-8-15-16-9-7-13(20)11-18(16)21(17(15)10-12)14-4-2-1-3-5-14/h1-11,21H. The van der Waals surface area contributed by atoms with Gasteiger partial charge in [-0.15, -0.1) is 0 Å². The fraction of sp³-hybridized carbons (Fsp3) is 0. The Kier molecular flexibility index (Phi) is 2.82. The summed E-state index contributed by atoms with van der Waals surface area (Å²) in [5.41, 5.74) is 2.03. The first-order valence-electron chi connectivity index (χ1n) is 6.69. The molecule has 0 N–H and O–H groups in total. The summed E-state index contributed by atoms with van der Waals surface area (Å²) >= 11 is 0. The van der Waals surface area contributed by atoms with Crippen molar-refractivity contribution in [2.75, 3.05) is 0 Å². The molecule has 0 bridgehead atoms. The lowest BCUT2D eigenvalue weighted by atomic mass is 10.1. The Bertz CT molecular complexity index is 776. The number of halogens is 2. The van der Waals surface area contributed by atoms with Gasteiger partial charge in [0, 0.05) is 9.79 Å². The van der Waals surface area contributed by atoms with E-state index in [-0.39, 0.29) is 11.6 Å². The van der Waals surface area contributed by atoms with Crippen LogP contribution in [-0.4, -0.2) is 0 Å². The molecule has 104 valence electrons. The van der Waals surface area contributed by atoms with Crippen molar-refractivity contribution in [2.24, 2.45) is 0 Å². The van der Waals surface area contributed by atoms with Crippen molar-refractivity contribution in [2.45, 2.75) is 14.7 Å². The molecule has 0 atom stereocenters. The topological polar surface area (TPSA) is 0 Å². The molecule has 0 aliphatic carbocycles. The van der Waals surface area contributed by atoms with E-state index in [2.05, 4.69) is 0 Å². The first kappa shape index (κ1) is 12.6. The second-order valence-corrected chi connectivity index (χ2v) is 7.14. The number of hydrogen-bond acceptors (Lipinski definition) is 0. The van der Waals surface area contributed by atoms with Crippen molar-refractivity contribution in [1.82, 2.24) is 0 Å². The van der Waals surface area contributed by atoms with Crippen molar-refractivity contribution >= 4 is 10.9 Å². The molecule has 0 nitrogen and oxygen atoms in total. The van der Waals surface area contributed by atoms with E-state index >= 15 is 0 Å². The molecule has 1 heterocycles. The highest BCUT2D eigenvalue weighted by molar-refractivity contribution is 8.17. The van der Waals surface area contributed by atoms with Crippen LogP contribution in [0.4, 0.5) is 8.78 Å². The zero-order valence-corrected chi connectivity index (χ0v) is 11.9. The van der Waals surface area contributed by atoms with Gasteiger partial charge in [-0.25, -0.2) is 8.78 Å². The van der Waals surface area contributed by atoms with Gasteiger partial charge in [0.25, 0.3) is 0 Å². The smallest absolute Gasteiger partial charge is 0.124 e. The zero-order valence-electron chi connectivity index (χ0n) is 11.1. The highest BCUT2D eigenvalue weighted by Crippen LogP contribution is 2.62. The number of benzene rings is 3. The lowest BCUT2D eigenvalue weighted by Gasteiger charge is -2.18. The summed E-state index contributed by atoms with van der Waals surface area (Å²) in [7, 11) is -0.884. The molecule has 21 heavy (non-hydrogen) atoms. The van der Waals surface area contributed by atoms with Crippen LogP contribution in [0.5, 0.6) is 0 Å². The van der Waals surface area contributed by atoms with Gasteiger partial charge in [0.15, 0.2) is 0 Å². The van der Waals surface area contributed by atoms with Crippen molar-refractivity contribution in [3.63, 3.8) is 0 Å². The second-order valence-electron chi connectivity index (χ2n) is 4.99. The summed E-state index contributed by atoms with van der Waals surface area (Å²) in [6, 6.07) is 19.7. The van der Waals surface area contributed by atoms with E-state index in [1.54, 1.807) is 24.3 Å². The van der Waals surface area contributed by atoms with Crippen LogP contribution < -0.4 is 0 Å². The number of rotatable bonds is 1. The molecular weight excluding hydrogens is 286 g/mol. The third kappa shape index (κ3) is 1.96. The Labute approximate surface area is 124 Å². The highest BCUT2D eigenvalue weighted by Gasteiger charge is 2.27. The van der Waals surface area contributed by atoms with Crippen molar-refractivity contribution in [3.05, 3.63) is 78.4 Å². The van der Waals surface area contributed by atoms with E-state index in [9.17, 15) is 8.78 Å². The number of thiol groups is 1. The van der Waals surface area contributed by atoms with E-state index in [4.69, 9.17) is 0 Å². The normalized spacial score (nSPS) is 13.9. The van der Waals surface area contributed by atoms with Gasteiger partial charge in [-0.3, -0.25) is 0 Å². The SMILES string of the molecule is Fc1ccc2c(c1)[SH](c1ccccc1)c1cc(F)ccc1-2. The molecule has 0 unspecified atom stereocenters. The molecule has 0 aromatic heterocycles. The van der Waals surface area contributed by atoms with E-state index in [1.165, 1.54) is 12.1 Å². The minimum absolute atomic E-state index is 0.245. The molecule has 0 spiro atoms. The molecule has 4 rings (SSSR count). The lowest BCUT2D eigenvalue weighted by molar-refractivity contribution is 0.624. The summed E-state index contributed by atoms with van der Waals surface area (Å²) in [5.74, 6) is -0.490. The maximum Gasteiger partial charge on any atom is 0.124 e. The Balaban J connectivity index is 2.02. The van der Waals surface area contributed by atoms with Crippen LogP contribution >= 0.6 is 10.9 Å². The molecule has 0 amide bonds. The first-order chi connectivity index (χ1) is 10.2. The van der Waals surface area contributed by atoms with Gasteiger partial charge in [-0.05, 0) is 52.4 Å². The minimum atomic E-state index is -0.884. The largest absolute Gasteiger partial charge is 0.207 e. The van der Waals surface area contributed by atoms with Gasteiger partial charge in [0.2, 0.25) is 0 Å². The van der Waals surface area contributed by atoms with Gasteiger partial charge in [-0.2, -0.15) is 10.9 Å². The van der Waals surface area contributed by atoms with Gasteiger partial charge in [-0.1, -0.05) is 30.3 Å². The van der Waals surface area contributed by atoms with Gasteiger partial charge in [0.1, 0.15) is 11.6 Å². The average Bonchev–Trinajstić information content (AvgIpc) is 2.80. The minimum Gasteiger partial charge on any atom is -0.207 e. The monoisotopic (exact) mass is 298 g/mol. The van der Waals surface area contributed by atoms with E-state index in [0.29, 0.717) is 0 Å². The predicted octanol–water partition coefficient (Wildman–Crippen LogP) is 5.42. The Hall–Kier alpha value is -2.13. The van der Waals surface area contributed by atoms with E-state index < -0.39 is 10.9 Å². The van der Waals surface area contributed by atoms with Crippen molar-refractivity contribution in [3.8, 4) is 11.1 Å². The summed E-state index contributed by atoms with van der Waals surface area (Å²) in [4.78, 5) is 3.05. The maximum absolute atomic E-state index is 13.7. The van der Waals surface area contributed by atoms with Crippen LogP contribution in [0.15, 0.2) is 81.4 Å². The number of fused-ring (bicyclic) bond motifs is 3. The molecule has 0 saturated heterocycles. The first-order valence-corrected chi connectivity index (χ1v) is 8.03. The zero-order chi connectivity index (χ0) is 14.4. The summed E-state index contributed by atoms with van der Waals surface area (Å²) in [6.45, 7) is 0. The van der Waals surface area contributed by atoms with Crippen LogP contribution in [0.2, 0.25) is 0 Å². The highest BCUT2D eigenvalue weighted by atomic mass is 32.2. The molecule has 3 heteroatoms. The van der Waals surface area contributed by atoms with E-state index in [1.807, 2.05) is 30.3 Å². The molecule has 3 aromatic rings. The van der Waals surface area contributed by atoms with Gasteiger partial charge >= 0.3 is 0 Å². The van der Waals surface area contributed by atoms with Crippen LogP contribution in [0, 0.1) is 11.6 Å². The predicted molar refractivity (Wildman–Crippen MR) is 82.0 cm³/mol. The summed E-state index contributed by atoms with van der Waals surface area (Å²) in [5, 5.41) is 0. The third-order valence-electron chi connectivity index (χ3n) is 3.71. The van der Waals surface area contributed by atoms with Crippen LogP contribution in [0.1, 0.15) is 0 Å². The van der Waals surface area contributed by atoms with Crippen LogP contribution in [0.25, 0.3) is 11.1 Å². The van der Waals surface area contributed by atoms with Gasteiger partial charge in [0.05, 0.1) is 0 Å². The lowest BCUT2D eigenvalue weighted by Crippen LogP contribution is -1.84. The summed E-state index contributed by atoms with van der Waals surface area (Å²) < 4.78 is 27.4. The van der Waals surface area contributed by atoms with Crippen molar-refractivity contribution in [1.29, 1.82) is 0 Å². The van der Waals surface area contributed by atoms with Crippen LogP contribution in [0.3, 0.4) is 0 Å². The van der Waals surface area contributed by atoms with Gasteiger partial charge < -0.3 is 0 Å². The fourth-order valence-electron chi connectivity index (χ4n) is 2.82. The molecule has 0 radical (unpaired) electrons. The molecule has 3 aromatic carbocycles. The average molecular weight is 298 g/mol. The Morgan fingerprint density at radius 2 is 1.14 bits per heavy atom. The Morgan fingerprint density at radius 3 is 1.67 bits per heavy atom. The van der Waals surface area contributed by atoms with E-state index in [0.717, 1.165) is 25.8 Å². The maximum atomic E-state index is 13.7. The molecular formula is C18H12F2S. The molecule has 1 aliphatic heterocycles. The second kappa shape index (κ2) is 4.71. The molecule has 0 fully saturated rings. The van der Waals surface area contributed by atoms with Crippen LogP contribution in [-0.2, 0) is 0 Å².